The monoisotopic (exact) mass is 241 g/mol. The summed E-state index contributed by atoms with van der Waals surface area (Å²) in [5.41, 5.74) is 4.77. The highest BCUT2D eigenvalue weighted by Crippen LogP contribution is 2.49. The first-order valence-electron chi connectivity index (χ1n) is 6.38. The highest BCUT2D eigenvalue weighted by molar-refractivity contribution is 5.80. The van der Waals surface area contributed by atoms with Crippen molar-refractivity contribution in [2.75, 3.05) is 13.2 Å². The van der Waals surface area contributed by atoms with Gasteiger partial charge in [-0.25, -0.2) is 4.79 Å². The predicted octanol–water partition coefficient (Wildman–Crippen LogP) is 1.62. The average molecular weight is 241 g/mol. The number of ether oxygens (including phenoxy) is 2. The van der Waals surface area contributed by atoms with Gasteiger partial charge in [-0.05, 0) is 46.5 Å². The van der Waals surface area contributed by atoms with Crippen molar-refractivity contribution in [3.05, 3.63) is 0 Å². The van der Waals surface area contributed by atoms with Gasteiger partial charge in [0.2, 0.25) is 0 Å². The molecular formula is C13H23NO3. The van der Waals surface area contributed by atoms with Gasteiger partial charge >= 0.3 is 5.97 Å². The molecule has 17 heavy (non-hydrogen) atoms. The van der Waals surface area contributed by atoms with Crippen LogP contribution in [0.15, 0.2) is 0 Å². The van der Waals surface area contributed by atoms with Crippen LogP contribution in [0.5, 0.6) is 0 Å². The summed E-state index contributed by atoms with van der Waals surface area (Å²) in [6.45, 7) is 6.91. The van der Waals surface area contributed by atoms with Gasteiger partial charge < -0.3 is 15.2 Å². The zero-order chi connectivity index (χ0) is 12.7. The van der Waals surface area contributed by atoms with Crippen LogP contribution >= 0.6 is 0 Å². The molecule has 98 valence electrons. The second-order valence-electron chi connectivity index (χ2n) is 6.49. The Morgan fingerprint density at radius 1 is 1.29 bits per heavy atom. The van der Waals surface area contributed by atoms with E-state index in [9.17, 15) is 4.79 Å². The van der Waals surface area contributed by atoms with Crippen molar-refractivity contribution in [3.63, 3.8) is 0 Å². The molecule has 1 saturated carbocycles. The van der Waals surface area contributed by atoms with Gasteiger partial charge in [0.05, 0.1) is 6.61 Å². The molecule has 1 aliphatic carbocycles. The second-order valence-corrected chi connectivity index (χ2v) is 6.49. The van der Waals surface area contributed by atoms with Gasteiger partial charge in [0, 0.05) is 12.0 Å². The highest BCUT2D eigenvalue weighted by Gasteiger charge is 2.54. The van der Waals surface area contributed by atoms with E-state index < -0.39 is 11.2 Å². The molecule has 0 spiro atoms. The molecule has 0 atom stereocenters. The van der Waals surface area contributed by atoms with Crippen LogP contribution in [-0.4, -0.2) is 30.3 Å². The molecule has 0 aromatic heterocycles. The van der Waals surface area contributed by atoms with Crippen molar-refractivity contribution in [2.24, 2.45) is 11.1 Å². The summed E-state index contributed by atoms with van der Waals surface area (Å²) in [4.78, 5) is 12.2. The minimum absolute atomic E-state index is 0.115. The van der Waals surface area contributed by atoms with E-state index in [1.165, 1.54) is 0 Å². The lowest BCUT2D eigenvalue weighted by Crippen LogP contribution is -2.58. The summed E-state index contributed by atoms with van der Waals surface area (Å²) in [5.74, 6) is -0.199. The first-order chi connectivity index (χ1) is 7.81. The number of carbonyl (C=O) groups excluding carboxylic acids is 1. The molecule has 2 heterocycles. The van der Waals surface area contributed by atoms with E-state index in [1.54, 1.807) is 0 Å². The van der Waals surface area contributed by atoms with Crippen LogP contribution in [0.3, 0.4) is 0 Å². The van der Waals surface area contributed by atoms with Gasteiger partial charge in [-0.3, -0.25) is 0 Å². The maximum absolute atomic E-state index is 12.2. The number of esters is 1. The summed E-state index contributed by atoms with van der Waals surface area (Å²) in [6, 6.07) is 0. The van der Waals surface area contributed by atoms with Crippen LogP contribution in [0.1, 0.15) is 46.5 Å². The molecule has 4 heteroatoms. The molecule has 4 nitrogen and oxygen atoms in total. The third-order valence-corrected chi connectivity index (χ3v) is 3.98. The molecule has 3 rings (SSSR count). The second kappa shape index (κ2) is 3.95. The van der Waals surface area contributed by atoms with Gasteiger partial charge in [-0.15, -0.1) is 0 Å². The molecule has 2 bridgehead atoms. The third-order valence-electron chi connectivity index (χ3n) is 3.98. The van der Waals surface area contributed by atoms with E-state index in [1.807, 2.05) is 20.8 Å². The Kier molecular flexibility index (Phi) is 2.99. The molecule has 2 saturated heterocycles. The van der Waals surface area contributed by atoms with E-state index in [4.69, 9.17) is 15.2 Å². The standard InChI is InChI=1S/C13H23NO3/c1-11(2,3)17-10(15)13-6-4-12(8-14,5-7-13)9-16-13/h4-9,14H2,1-3H3. The zero-order valence-electron chi connectivity index (χ0n) is 11.0. The van der Waals surface area contributed by atoms with Gasteiger partial charge in [0.1, 0.15) is 5.60 Å². The number of hydrogen-bond acceptors (Lipinski definition) is 4. The summed E-state index contributed by atoms with van der Waals surface area (Å²) in [5, 5.41) is 0. The van der Waals surface area contributed by atoms with Gasteiger partial charge in [0.25, 0.3) is 0 Å². The molecule has 3 fully saturated rings. The lowest BCUT2D eigenvalue weighted by atomic mass is 9.66. The molecule has 0 unspecified atom stereocenters. The number of rotatable bonds is 2. The van der Waals surface area contributed by atoms with Crippen LogP contribution in [0.4, 0.5) is 0 Å². The predicted molar refractivity (Wildman–Crippen MR) is 64.5 cm³/mol. The molecule has 0 aromatic carbocycles. The summed E-state index contributed by atoms with van der Waals surface area (Å²) < 4.78 is 11.3. The van der Waals surface area contributed by atoms with Gasteiger partial charge in [0.15, 0.2) is 5.60 Å². The van der Waals surface area contributed by atoms with E-state index in [0.717, 1.165) is 25.7 Å². The summed E-state index contributed by atoms with van der Waals surface area (Å²) in [6.07, 6.45) is 3.45. The Hall–Kier alpha value is -0.610. The van der Waals surface area contributed by atoms with Crippen molar-refractivity contribution in [2.45, 2.75) is 57.7 Å². The maximum atomic E-state index is 12.2. The first-order valence-corrected chi connectivity index (χ1v) is 6.38. The Bertz CT molecular complexity index is 295. The molecule has 2 N–H and O–H groups in total. The van der Waals surface area contributed by atoms with Gasteiger partial charge in [-0.2, -0.15) is 0 Å². The van der Waals surface area contributed by atoms with Crippen LogP contribution in [0.25, 0.3) is 0 Å². The Balaban J connectivity index is 2.06. The fraction of sp³-hybridized carbons (Fsp3) is 0.923. The highest BCUT2D eigenvalue weighted by atomic mass is 16.6. The molecular weight excluding hydrogens is 218 g/mol. The third kappa shape index (κ3) is 2.33. The molecule has 0 amide bonds. The largest absolute Gasteiger partial charge is 0.458 e. The van der Waals surface area contributed by atoms with Crippen molar-refractivity contribution in [1.82, 2.24) is 0 Å². The van der Waals surface area contributed by atoms with Gasteiger partial charge in [-0.1, -0.05) is 0 Å². The minimum Gasteiger partial charge on any atom is -0.458 e. The molecule has 2 aliphatic heterocycles. The van der Waals surface area contributed by atoms with Crippen LogP contribution in [0, 0.1) is 5.41 Å². The smallest absolute Gasteiger partial charge is 0.338 e. The quantitative estimate of drug-likeness (QED) is 0.746. The van der Waals surface area contributed by atoms with Crippen LogP contribution in [0.2, 0.25) is 0 Å². The van der Waals surface area contributed by atoms with Crippen molar-refractivity contribution >= 4 is 5.97 Å². The average Bonchev–Trinajstić information content (AvgIpc) is 2.29. The van der Waals surface area contributed by atoms with E-state index in [-0.39, 0.29) is 11.4 Å². The fourth-order valence-corrected chi connectivity index (χ4v) is 2.66. The van der Waals surface area contributed by atoms with E-state index >= 15 is 0 Å². The normalized spacial score (nSPS) is 36.9. The van der Waals surface area contributed by atoms with E-state index in [0.29, 0.717) is 13.2 Å². The van der Waals surface area contributed by atoms with Crippen LogP contribution < -0.4 is 5.73 Å². The van der Waals surface area contributed by atoms with E-state index in [2.05, 4.69) is 0 Å². The maximum Gasteiger partial charge on any atom is 0.338 e. The Morgan fingerprint density at radius 2 is 1.88 bits per heavy atom. The molecule has 0 aromatic rings. The fourth-order valence-electron chi connectivity index (χ4n) is 2.66. The Morgan fingerprint density at radius 3 is 2.24 bits per heavy atom. The lowest BCUT2D eigenvalue weighted by Gasteiger charge is -2.51. The zero-order valence-corrected chi connectivity index (χ0v) is 11.0. The minimum atomic E-state index is -0.690. The summed E-state index contributed by atoms with van der Waals surface area (Å²) in [7, 11) is 0. The molecule has 0 radical (unpaired) electrons. The number of fused-ring (bicyclic) bond motifs is 3. The van der Waals surface area contributed by atoms with Crippen LogP contribution in [-0.2, 0) is 14.3 Å². The Labute approximate surface area is 103 Å². The number of hydrogen-bond donors (Lipinski definition) is 1. The number of carbonyl (C=O) groups is 1. The summed E-state index contributed by atoms with van der Waals surface area (Å²) >= 11 is 0. The van der Waals surface area contributed by atoms with Crippen molar-refractivity contribution < 1.29 is 14.3 Å². The van der Waals surface area contributed by atoms with Crippen molar-refractivity contribution in [3.8, 4) is 0 Å². The van der Waals surface area contributed by atoms with Crippen molar-refractivity contribution in [1.29, 1.82) is 0 Å². The number of nitrogens with two attached hydrogens (primary N) is 1. The topological polar surface area (TPSA) is 61.5 Å². The molecule has 3 aliphatic rings. The lowest BCUT2D eigenvalue weighted by molar-refractivity contribution is -0.218. The first kappa shape index (κ1) is 12.8. The SMILES string of the molecule is CC(C)(C)OC(=O)C12CCC(CN)(CC1)CO2.